The first kappa shape index (κ1) is 25.0. The van der Waals surface area contributed by atoms with Crippen LogP contribution < -0.4 is 10.1 Å². The summed E-state index contributed by atoms with van der Waals surface area (Å²) in [5, 5.41) is 3.83. The van der Waals surface area contributed by atoms with Crippen molar-refractivity contribution in [2.75, 3.05) is 13.2 Å². The number of carbonyl (C=O) groups is 2. The van der Waals surface area contributed by atoms with Gasteiger partial charge in [-0.3, -0.25) is 9.59 Å². The Morgan fingerprint density at radius 2 is 1.65 bits per heavy atom. The summed E-state index contributed by atoms with van der Waals surface area (Å²) in [6.07, 6.45) is 0.775. The topological polar surface area (TPSA) is 58.6 Å². The van der Waals surface area contributed by atoms with E-state index in [1.54, 1.807) is 25.1 Å². The normalized spacial score (nSPS) is 11.8. The Hall–Kier alpha value is -2.24. The van der Waals surface area contributed by atoms with Crippen molar-refractivity contribution < 1.29 is 14.3 Å². The van der Waals surface area contributed by atoms with E-state index in [9.17, 15) is 9.59 Å². The van der Waals surface area contributed by atoms with Crippen LogP contribution in [0.25, 0.3) is 0 Å². The summed E-state index contributed by atoms with van der Waals surface area (Å²) in [5.74, 6) is 0.718. The maximum atomic E-state index is 13.1. The van der Waals surface area contributed by atoms with E-state index in [-0.39, 0.29) is 24.8 Å². The van der Waals surface area contributed by atoms with Crippen molar-refractivity contribution in [3.05, 3.63) is 64.1 Å². The number of para-hydroxylation sites is 1. The predicted molar refractivity (Wildman–Crippen MR) is 125 cm³/mol. The van der Waals surface area contributed by atoms with E-state index in [1.165, 1.54) is 4.90 Å². The van der Waals surface area contributed by atoms with Crippen LogP contribution in [0.5, 0.6) is 5.75 Å². The summed E-state index contributed by atoms with van der Waals surface area (Å²) in [5.41, 5.74) is 0.628. The van der Waals surface area contributed by atoms with Gasteiger partial charge in [0, 0.05) is 35.1 Å². The van der Waals surface area contributed by atoms with Crippen molar-refractivity contribution >= 4 is 35.0 Å². The van der Waals surface area contributed by atoms with Gasteiger partial charge in [0.2, 0.25) is 11.8 Å². The minimum atomic E-state index is -0.659. The molecule has 1 atom stereocenters. The van der Waals surface area contributed by atoms with Crippen LogP contribution in [0.1, 0.15) is 39.2 Å². The molecule has 0 aliphatic rings. The highest BCUT2D eigenvalue weighted by Crippen LogP contribution is 2.27. The molecule has 0 aliphatic heterocycles. The van der Waals surface area contributed by atoms with Crippen molar-refractivity contribution in [1.29, 1.82) is 0 Å². The lowest BCUT2D eigenvalue weighted by atomic mass is 10.1. The van der Waals surface area contributed by atoms with Crippen LogP contribution in [0.15, 0.2) is 48.5 Å². The van der Waals surface area contributed by atoms with Crippen LogP contribution in [0, 0.1) is 5.92 Å². The molecule has 2 amide bonds. The highest BCUT2D eigenvalue weighted by molar-refractivity contribution is 6.36. The highest BCUT2D eigenvalue weighted by atomic mass is 35.5. The molecule has 1 N–H and O–H groups in total. The van der Waals surface area contributed by atoms with E-state index in [1.807, 2.05) is 44.2 Å². The lowest BCUT2D eigenvalue weighted by Gasteiger charge is -2.29. The van der Waals surface area contributed by atoms with Crippen LogP contribution in [0.4, 0.5) is 0 Å². The molecule has 0 saturated carbocycles. The van der Waals surface area contributed by atoms with E-state index in [2.05, 4.69) is 5.32 Å². The van der Waals surface area contributed by atoms with Crippen molar-refractivity contribution in [2.45, 2.75) is 46.2 Å². The number of nitrogens with zero attached hydrogens (tertiary/aromatic N) is 1. The van der Waals surface area contributed by atoms with E-state index in [4.69, 9.17) is 27.9 Å². The second-order valence-electron chi connectivity index (χ2n) is 7.80. The second-order valence-corrected chi connectivity index (χ2v) is 8.62. The number of rotatable bonds is 11. The van der Waals surface area contributed by atoms with Gasteiger partial charge in [-0.05, 0) is 43.5 Å². The van der Waals surface area contributed by atoms with Gasteiger partial charge < -0.3 is 15.0 Å². The monoisotopic (exact) mass is 464 g/mol. The molecule has 0 aromatic heterocycles. The third kappa shape index (κ3) is 8.08. The summed E-state index contributed by atoms with van der Waals surface area (Å²) >= 11 is 12.6. The number of hydrogen-bond acceptors (Lipinski definition) is 3. The van der Waals surface area contributed by atoms with E-state index < -0.39 is 6.04 Å². The molecule has 5 nitrogen and oxygen atoms in total. The summed E-state index contributed by atoms with van der Waals surface area (Å²) < 4.78 is 5.67. The van der Waals surface area contributed by atoms with Crippen molar-refractivity contribution in [3.8, 4) is 5.75 Å². The van der Waals surface area contributed by atoms with Gasteiger partial charge in [-0.2, -0.15) is 0 Å². The molecule has 2 rings (SSSR count). The molecule has 0 bridgehead atoms. The van der Waals surface area contributed by atoms with Crippen LogP contribution in [-0.4, -0.2) is 35.9 Å². The van der Waals surface area contributed by atoms with Crippen molar-refractivity contribution in [2.24, 2.45) is 5.92 Å². The number of nitrogens with one attached hydrogen (secondary N) is 1. The van der Waals surface area contributed by atoms with Gasteiger partial charge in [0.25, 0.3) is 0 Å². The summed E-state index contributed by atoms with van der Waals surface area (Å²) in [6, 6.07) is 14.0. The smallest absolute Gasteiger partial charge is 0.242 e. The molecule has 0 fully saturated rings. The minimum Gasteiger partial charge on any atom is -0.494 e. The van der Waals surface area contributed by atoms with Gasteiger partial charge in [-0.1, -0.05) is 61.3 Å². The molecule has 0 saturated heterocycles. The van der Waals surface area contributed by atoms with Gasteiger partial charge in [0.05, 0.1) is 6.61 Å². The minimum absolute atomic E-state index is 0.153. The summed E-state index contributed by atoms with van der Waals surface area (Å²) in [7, 11) is 0. The van der Waals surface area contributed by atoms with Gasteiger partial charge in [0.1, 0.15) is 11.8 Å². The lowest BCUT2D eigenvalue weighted by molar-refractivity contribution is -0.140. The fraction of sp³-hybridized carbons (Fsp3) is 0.417. The number of carbonyl (C=O) groups excluding carboxylic acids is 2. The second kappa shape index (κ2) is 12.6. The van der Waals surface area contributed by atoms with Gasteiger partial charge in [-0.25, -0.2) is 0 Å². The molecular weight excluding hydrogens is 435 g/mol. The Balaban J connectivity index is 2.06. The number of ether oxygens (including phenoxy) is 1. The predicted octanol–water partition coefficient (Wildman–Crippen LogP) is 5.34. The molecule has 0 unspecified atom stereocenters. The fourth-order valence-electron chi connectivity index (χ4n) is 2.96. The van der Waals surface area contributed by atoms with Crippen molar-refractivity contribution in [3.63, 3.8) is 0 Å². The Morgan fingerprint density at radius 3 is 2.26 bits per heavy atom. The van der Waals surface area contributed by atoms with Gasteiger partial charge in [-0.15, -0.1) is 0 Å². The van der Waals surface area contributed by atoms with Crippen LogP contribution in [-0.2, 0) is 16.1 Å². The molecule has 0 aliphatic carbocycles. The molecular formula is C24H30Cl2N2O3. The molecule has 0 spiro atoms. The molecule has 2 aromatic carbocycles. The molecule has 0 radical (unpaired) electrons. The quantitative estimate of drug-likeness (QED) is 0.456. The van der Waals surface area contributed by atoms with E-state index in [0.717, 1.165) is 5.75 Å². The zero-order chi connectivity index (χ0) is 22.8. The van der Waals surface area contributed by atoms with E-state index in [0.29, 0.717) is 41.1 Å². The number of amides is 2. The maximum Gasteiger partial charge on any atom is 0.242 e. The standard InChI is InChI=1S/C24H30Cl2N2O3/c1-17(2)15-27-24(30)18(3)28(16-20-21(25)11-7-12-22(20)26)23(29)13-8-14-31-19-9-5-4-6-10-19/h4-7,9-12,17-18H,8,13-16H2,1-3H3,(H,27,30)/t18-/m1/s1. The number of benzene rings is 2. The third-order valence-corrected chi connectivity index (χ3v) is 5.50. The summed E-state index contributed by atoms with van der Waals surface area (Å²) in [6.45, 7) is 6.87. The Morgan fingerprint density at radius 1 is 1.00 bits per heavy atom. The third-order valence-electron chi connectivity index (χ3n) is 4.79. The Bertz CT molecular complexity index is 839. The largest absolute Gasteiger partial charge is 0.494 e. The molecule has 7 heteroatoms. The highest BCUT2D eigenvalue weighted by Gasteiger charge is 2.27. The first-order valence-corrected chi connectivity index (χ1v) is 11.2. The average molecular weight is 465 g/mol. The first-order chi connectivity index (χ1) is 14.8. The molecule has 2 aromatic rings. The zero-order valence-electron chi connectivity index (χ0n) is 18.2. The fourth-order valence-corrected chi connectivity index (χ4v) is 3.48. The van der Waals surface area contributed by atoms with Crippen LogP contribution in [0.3, 0.4) is 0 Å². The maximum absolute atomic E-state index is 13.1. The first-order valence-electron chi connectivity index (χ1n) is 10.5. The van der Waals surface area contributed by atoms with Crippen LogP contribution >= 0.6 is 23.2 Å². The summed E-state index contributed by atoms with van der Waals surface area (Å²) in [4.78, 5) is 27.3. The zero-order valence-corrected chi connectivity index (χ0v) is 19.7. The van der Waals surface area contributed by atoms with Gasteiger partial charge >= 0.3 is 0 Å². The Labute approximate surface area is 194 Å². The van der Waals surface area contributed by atoms with Gasteiger partial charge in [0.15, 0.2) is 0 Å². The van der Waals surface area contributed by atoms with E-state index >= 15 is 0 Å². The number of hydrogen-bond donors (Lipinski definition) is 1. The lowest BCUT2D eigenvalue weighted by Crippen LogP contribution is -2.48. The molecule has 168 valence electrons. The van der Waals surface area contributed by atoms with Crippen LogP contribution in [0.2, 0.25) is 10.0 Å². The number of halogens is 2. The average Bonchev–Trinajstić information content (AvgIpc) is 2.75. The van der Waals surface area contributed by atoms with Crippen molar-refractivity contribution in [1.82, 2.24) is 10.2 Å². The Kier molecular flexibility index (Phi) is 10.2. The molecule has 31 heavy (non-hydrogen) atoms. The SMILES string of the molecule is CC(C)CNC(=O)[C@@H](C)N(Cc1c(Cl)cccc1Cl)C(=O)CCCOc1ccccc1. The molecule has 0 heterocycles.